The average Bonchev–Trinajstić information content (AvgIpc) is 2.61. The van der Waals surface area contributed by atoms with Crippen LogP contribution in [-0.2, 0) is 11.2 Å². The van der Waals surface area contributed by atoms with E-state index in [0.29, 0.717) is 24.8 Å². The van der Waals surface area contributed by atoms with Gasteiger partial charge in [-0.2, -0.15) is 0 Å². The van der Waals surface area contributed by atoms with Gasteiger partial charge in [-0.3, -0.25) is 4.79 Å². The van der Waals surface area contributed by atoms with Gasteiger partial charge in [0.15, 0.2) is 0 Å². The Labute approximate surface area is 141 Å². The fraction of sp³-hybridized carbons (Fsp3) is 0.389. The first-order chi connectivity index (χ1) is 11.7. The molecule has 2 aromatic rings. The number of amides is 1. The number of aromatic nitrogens is 2. The highest BCUT2D eigenvalue weighted by Crippen LogP contribution is 2.31. The molecule has 1 amide bonds. The number of benzene rings is 1. The van der Waals surface area contributed by atoms with Gasteiger partial charge in [0.05, 0.1) is 6.61 Å². The number of hydrogen-bond acceptors (Lipinski definition) is 5. The number of aryl methyl sites for hydroxylation is 2. The first kappa shape index (κ1) is 16.4. The molecule has 1 aromatic heterocycles. The quantitative estimate of drug-likeness (QED) is 0.854. The molecule has 0 aliphatic carbocycles. The number of hydrogen-bond donors (Lipinski definition) is 1. The zero-order valence-corrected chi connectivity index (χ0v) is 14.1. The van der Waals surface area contributed by atoms with Crippen LogP contribution in [0.1, 0.15) is 28.2 Å². The first-order valence-corrected chi connectivity index (χ1v) is 8.17. The van der Waals surface area contributed by atoms with Crippen LogP contribution in [0, 0.1) is 6.92 Å². The third-order valence-electron chi connectivity index (χ3n) is 4.02. The number of rotatable bonds is 5. The summed E-state index contributed by atoms with van der Waals surface area (Å²) in [6, 6.07) is 10.00. The lowest BCUT2D eigenvalue weighted by Gasteiger charge is -2.29. The van der Waals surface area contributed by atoms with Crippen molar-refractivity contribution in [1.29, 1.82) is 0 Å². The molecule has 0 saturated heterocycles. The molecule has 3 rings (SSSR count). The Morgan fingerprint density at radius 3 is 3.00 bits per heavy atom. The van der Waals surface area contributed by atoms with Crippen molar-refractivity contribution in [2.45, 2.75) is 19.8 Å². The summed E-state index contributed by atoms with van der Waals surface area (Å²) in [5.41, 5.74) is 3.58. The van der Waals surface area contributed by atoms with E-state index in [0.717, 1.165) is 30.8 Å². The maximum absolute atomic E-state index is 12.3. The number of nitrogens with one attached hydrogen (secondary N) is 1. The molecule has 0 radical (unpaired) electrons. The lowest BCUT2D eigenvalue weighted by atomic mass is 10.0. The second-order valence-corrected chi connectivity index (χ2v) is 5.83. The van der Waals surface area contributed by atoms with Crippen LogP contribution in [0.3, 0.4) is 0 Å². The van der Waals surface area contributed by atoms with E-state index in [-0.39, 0.29) is 5.91 Å². The van der Waals surface area contributed by atoms with Crippen LogP contribution in [0.25, 0.3) is 0 Å². The van der Waals surface area contributed by atoms with Gasteiger partial charge < -0.3 is 15.0 Å². The van der Waals surface area contributed by atoms with Crippen molar-refractivity contribution >= 4 is 17.5 Å². The zero-order valence-electron chi connectivity index (χ0n) is 14.1. The van der Waals surface area contributed by atoms with Gasteiger partial charge >= 0.3 is 0 Å². The summed E-state index contributed by atoms with van der Waals surface area (Å²) in [5, 5.41) is 2.80. The van der Waals surface area contributed by atoms with Crippen molar-refractivity contribution in [3.05, 3.63) is 47.3 Å². The summed E-state index contributed by atoms with van der Waals surface area (Å²) in [4.78, 5) is 23.4. The van der Waals surface area contributed by atoms with Crippen molar-refractivity contribution in [2.24, 2.45) is 0 Å². The Kier molecular flexibility index (Phi) is 5.05. The average molecular weight is 326 g/mol. The van der Waals surface area contributed by atoms with Gasteiger partial charge in [-0.1, -0.05) is 18.2 Å². The van der Waals surface area contributed by atoms with E-state index in [2.05, 4.69) is 32.3 Å². The molecule has 126 valence electrons. The van der Waals surface area contributed by atoms with Crippen molar-refractivity contribution < 1.29 is 9.53 Å². The molecular weight excluding hydrogens is 304 g/mol. The number of fused-ring (bicyclic) bond motifs is 1. The molecule has 2 heterocycles. The zero-order chi connectivity index (χ0) is 16.9. The predicted molar refractivity (Wildman–Crippen MR) is 92.7 cm³/mol. The molecule has 6 nitrogen and oxygen atoms in total. The highest BCUT2D eigenvalue weighted by Gasteiger charge is 2.21. The molecule has 0 bridgehead atoms. The number of methoxy groups -OCH3 is 1. The maximum atomic E-state index is 12.3. The number of anilines is 2. The van der Waals surface area contributed by atoms with Crippen LogP contribution >= 0.6 is 0 Å². The van der Waals surface area contributed by atoms with E-state index in [4.69, 9.17) is 4.74 Å². The molecule has 1 N–H and O–H groups in total. The Balaban J connectivity index is 1.88. The van der Waals surface area contributed by atoms with Gasteiger partial charge in [0.2, 0.25) is 5.95 Å². The van der Waals surface area contributed by atoms with Crippen LogP contribution in [0.2, 0.25) is 0 Å². The minimum absolute atomic E-state index is 0.205. The lowest BCUT2D eigenvalue weighted by molar-refractivity contribution is 0.0932. The normalized spacial score (nSPS) is 13.5. The highest BCUT2D eigenvalue weighted by atomic mass is 16.5. The summed E-state index contributed by atoms with van der Waals surface area (Å²) in [6.45, 7) is 3.67. The van der Waals surface area contributed by atoms with Crippen LogP contribution in [0.15, 0.2) is 30.3 Å². The minimum Gasteiger partial charge on any atom is -0.383 e. The van der Waals surface area contributed by atoms with E-state index < -0.39 is 0 Å². The van der Waals surface area contributed by atoms with Crippen molar-refractivity contribution in [3.8, 4) is 0 Å². The monoisotopic (exact) mass is 326 g/mol. The van der Waals surface area contributed by atoms with E-state index in [1.54, 1.807) is 13.2 Å². The maximum Gasteiger partial charge on any atom is 0.270 e. The fourth-order valence-corrected chi connectivity index (χ4v) is 2.89. The second-order valence-electron chi connectivity index (χ2n) is 5.83. The van der Waals surface area contributed by atoms with E-state index in [9.17, 15) is 4.79 Å². The van der Waals surface area contributed by atoms with Gasteiger partial charge in [-0.25, -0.2) is 9.97 Å². The van der Waals surface area contributed by atoms with Crippen molar-refractivity contribution in [1.82, 2.24) is 15.3 Å². The summed E-state index contributed by atoms with van der Waals surface area (Å²) in [6.07, 6.45) is 2.10. The highest BCUT2D eigenvalue weighted by molar-refractivity contribution is 5.92. The fourth-order valence-electron chi connectivity index (χ4n) is 2.89. The molecule has 0 atom stereocenters. The molecular formula is C18H22N4O2. The summed E-state index contributed by atoms with van der Waals surface area (Å²) in [7, 11) is 1.60. The van der Waals surface area contributed by atoms with Gasteiger partial charge in [-0.15, -0.1) is 0 Å². The SMILES string of the molecule is COCCNC(=O)c1cc(C)nc(N2CCCc3ccccc32)n1. The number of carbonyl (C=O) groups is 1. The third kappa shape index (κ3) is 3.54. The number of carbonyl (C=O) groups excluding carboxylic acids is 1. The first-order valence-electron chi connectivity index (χ1n) is 8.17. The molecule has 1 aromatic carbocycles. The van der Waals surface area contributed by atoms with Crippen LogP contribution in [0.4, 0.5) is 11.6 Å². The van der Waals surface area contributed by atoms with Crippen LogP contribution in [0.5, 0.6) is 0 Å². The largest absolute Gasteiger partial charge is 0.383 e. The van der Waals surface area contributed by atoms with Crippen LogP contribution < -0.4 is 10.2 Å². The summed E-state index contributed by atoms with van der Waals surface area (Å²) >= 11 is 0. The van der Waals surface area contributed by atoms with Crippen LogP contribution in [-0.4, -0.2) is 42.7 Å². The van der Waals surface area contributed by atoms with Crippen molar-refractivity contribution in [2.75, 3.05) is 31.7 Å². The second kappa shape index (κ2) is 7.40. The number of para-hydroxylation sites is 1. The summed E-state index contributed by atoms with van der Waals surface area (Å²) < 4.78 is 4.95. The van der Waals surface area contributed by atoms with Gasteiger partial charge in [0.25, 0.3) is 5.91 Å². The molecule has 0 unspecified atom stereocenters. The lowest BCUT2D eigenvalue weighted by Crippen LogP contribution is -2.30. The predicted octanol–water partition coefficient (Wildman–Crippen LogP) is 2.25. The Morgan fingerprint density at radius 1 is 1.33 bits per heavy atom. The summed E-state index contributed by atoms with van der Waals surface area (Å²) in [5.74, 6) is 0.378. The van der Waals surface area contributed by atoms with E-state index >= 15 is 0 Å². The number of nitrogens with zero attached hydrogens (tertiary/aromatic N) is 3. The Morgan fingerprint density at radius 2 is 2.17 bits per heavy atom. The molecule has 1 aliphatic heterocycles. The van der Waals surface area contributed by atoms with Gasteiger partial charge in [0, 0.05) is 31.6 Å². The minimum atomic E-state index is -0.205. The molecule has 1 aliphatic rings. The molecule has 24 heavy (non-hydrogen) atoms. The van der Waals surface area contributed by atoms with Crippen molar-refractivity contribution in [3.63, 3.8) is 0 Å². The van der Waals surface area contributed by atoms with Gasteiger partial charge in [0.1, 0.15) is 5.69 Å². The molecule has 0 saturated carbocycles. The Hall–Kier alpha value is -2.47. The number of ether oxygens (including phenoxy) is 1. The topological polar surface area (TPSA) is 67.3 Å². The van der Waals surface area contributed by atoms with E-state index in [1.165, 1.54) is 5.56 Å². The van der Waals surface area contributed by atoms with Gasteiger partial charge in [-0.05, 0) is 37.5 Å². The molecule has 6 heteroatoms. The smallest absolute Gasteiger partial charge is 0.270 e. The third-order valence-corrected chi connectivity index (χ3v) is 4.02. The van der Waals surface area contributed by atoms with E-state index in [1.807, 2.05) is 19.1 Å². The molecule has 0 fully saturated rings. The molecule has 0 spiro atoms. The standard InChI is InChI=1S/C18H22N4O2/c1-13-12-15(17(23)19-9-11-24-2)21-18(20-13)22-10-5-7-14-6-3-4-8-16(14)22/h3-4,6,8,12H,5,7,9-11H2,1-2H3,(H,19,23). The Bertz CT molecular complexity index is 733.